The van der Waals surface area contributed by atoms with Gasteiger partial charge in [0.05, 0.1) is 20.1 Å². The third-order valence-electron chi connectivity index (χ3n) is 3.67. The highest BCUT2D eigenvalue weighted by Gasteiger charge is 2.24. The molecular formula is C17H18F2O3S. The van der Waals surface area contributed by atoms with Crippen molar-refractivity contribution >= 4 is 28.5 Å². The van der Waals surface area contributed by atoms with Gasteiger partial charge in [-0.3, -0.25) is 4.79 Å². The number of thioether (sulfide) groups is 1. The molecule has 0 aliphatic heterocycles. The lowest BCUT2D eigenvalue weighted by molar-refractivity contribution is -0.142. The summed E-state index contributed by atoms with van der Waals surface area (Å²) in [4.78, 5) is 12.4. The maximum Gasteiger partial charge on any atom is 0.313 e. The summed E-state index contributed by atoms with van der Waals surface area (Å²) in [7, 11) is 2.89. The summed E-state index contributed by atoms with van der Waals surface area (Å²) in [5.41, 5.74) is 0.739. The smallest absolute Gasteiger partial charge is 0.313 e. The monoisotopic (exact) mass is 340 g/mol. The first-order chi connectivity index (χ1) is 11.0. The largest absolute Gasteiger partial charge is 0.496 e. The minimum atomic E-state index is -2.46. The molecule has 6 heteroatoms. The number of benzene rings is 2. The summed E-state index contributed by atoms with van der Waals surface area (Å²) >= 11 is 0.502. The van der Waals surface area contributed by atoms with Gasteiger partial charge in [0.1, 0.15) is 5.75 Å². The molecule has 23 heavy (non-hydrogen) atoms. The highest BCUT2D eigenvalue weighted by molar-refractivity contribution is 7.99. The van der Waals surface area contributed by atoms with Crippen molar-refractivity contribution < 1.29 is 23.0 Å². The fourth-order valence-corrected chi connectivity index (χ4v) is 3.18. The number of rotatable bonds is 6. The van der Waals surface area contributed by atoms with Crippen LogP contribution in [0.4, 0.5) is 8.78 Å². The van der Waals surface area contributed by atoms with Crippen LogP contribution >= 0.6 is 11.8 Å². The summed E-state index contributed by atoms with van der Waals surface area (Å²) in [5, 5.41) is 1.57. The minimum absolute atomic E-state index is 0.324. The first-order valence-corrected chi connectivity index (χ1v) is 8.03. The average Bonchev–Trinajstić information content (AvgIpc) is 2.54. The first kappa shape index (κ1) is 17.5. The number of fused-ring (bicyclic) bond motifs is 1. The van der Waals surface area contributed by atoms with Crippen molar-refractivity contribution in [1.29, 1.82) is 0 Å². The van der Waals surface area contributed by atoms with Crippen LogP contribution in [0.15, 0.2) is 35.2 Å². The molecule has 2 aromatic rings. The van der Waals surface area contributed by atoms with Crippen LogP contribution in [0.5, 0.6) is 5.75 Å². The number of alkyl halides is 2. The Hall–Kier alpha value is -1.82. The highest BCUT2D eigenvalue weighted by atomic mass is 32.2. The van der Waals surface area contributed by atoms with Crippen LogP contribution in [-0.2, 0) is 9.53 Å². The summed E-state index contributed by atoms with van der Waals surface area (Å²) in [5.74, 6) is -2.63. The number of hydrogen-bond acceptors (Lipinski definition) is 4. The molecule has 0 amide bonds. The second-order valence-electron chi connectivity index (χ2n) is 4.93. The van der Waals surface area contributed by atoms with Crippen molar-refractivity contribution in [2.45, 2.75) is 29.9 Å². The number of halogens is 2. The number of carbonyl (C=O) groups is 1. The van der Waals surface area contributed by atoms with E-state index in [9.17, 15) is 13.6 Å². The van der Waals surface area contributed by atoms with Gasteiger partial charge >= 0.3 is 5.97 Å². The Morgan fingerprint density at radius 1 is 1.22 bits per heavy atom. The summed E-state index contributed by atoms with van der Waals surface area (Å²) < 4.78 is 35.3. The molecule has 2 aromatic carbocycles. The summed E-state index contributed by atoms with van der Waals surface area (Å²) in [6, 6.07) is 8.67. The molecule has 0 bridgehead atoms. The number of hydrogen-bond donors (Lipinski definition) is 0. The summed E-state index contributed by atoms with van der Waals surface area (Å²) in [6.45, 7) is 1.90. The molecule has 0 N–H and O–H groups in total. The molecule has 0 radical (unpaired) electrons. The van der Waals surface area contributed by atoms with Gasteiger partial charge in [-0.2, -0.15) is 8.78 Å². The molecule has 1 unspecified atom stereocenters. The van der Waals surface area contributed by atoms with Crippen LogP contribution < -0.4 is 4.74 Å². The fourth-order valence-electron chi connectivity index (χ4n) is 2.63. The molecular weight excluding hydrogens is 322 g/mol. The third-order valence-corrected chi connectivity index (χ3v) is 4.38. The number of ether oxygens (including phenoxy) is 2. The van der Waals surface area contributed by atoms with Crippen molar-refractivity contribution in [3.05, 3.63) is 35.9 Å². The zero-order valence-electron chi connectivity index (χ0n) is 13.1. The molecule has 0 spiro atoms. The normalized spacial score (nSPS) is 12.4. The Morgan fingerprint density at radius 3 is 2.52 bits per heavy atom. The Bertz CT molecular complexity index is 704. The predicted octanol–water partition coefficient (Wildman–Crippen LogP) is 4.83. The summed E-state index contributed by atoms with van der Waals surface area (Å²) in [6.07, 6.45) is 0.577. The predicted molar refractivity (Wildman–Crippen MR) is 87.4 cm³/mol. The van der Waals surface area contributed by atoms with E-state index >= 15 is 0 Å². The molecule has 0 saturated carbocycles. The van der Waals surface area contributed by atoms with Crippen LogP contribution in [0.1, 0.15) is 24.8 Å². The van der Waals surface area contributed by atoms with Crippen LogP contribution in [-0.4, -0.2) is 25.9 Å². The fraction of sp³-hybridized carbons (Fsp3) is 0.353. The second kappa shape index (κ2) is 7.64. The van der Waals surface area contributed by atoms with Crippen LogP contribution in [0.3, 0.4) is 0 Å². The Kier molecular flexibility index (Phi) is 5.82. The van der Waals surface area contributed by atoms with Crippen LogP contribution in [0.2, 0.25) is 0 Å². The second-order valence-corrected chi connectivity index (χ2v) is 6.00. The third kappa shape index (κ3) is 3.75. The van der Waals surface area contributed by atoms with E-state index in [0.717, 1.165) is 16.3 Å². The number of carbonyl (C=O) groups excluding carboxylic acids is 1. The van der Waals surface area contributed by atoms with Crippen molar-refractivity contribution in [3.8, 4) is 5.75 Å². The molecule has 2 rings (SSSR count). The van der Waals surface area contributed by atoms with Gasteiger partial charge in [-0.15, -0.1) is 0 Å². The van der Waals surface area contributed by atoms with Crippen molar-refractivity contribution in [1.82, 2.24) is 0 Å². The Labute approximate surface area is 138 Å². The van der Waals surface area contributed by atoms with E-state index in [1.54, 1.807) is 24.3 Å². The molecule has 0 aromatic heterocycles. The van der Waals surface area contributed by atoms with E-state index in [-0.39, 0.29) is 5.97 Å². The van der Waals surface area contributed by atoms with Gasteiger partial charge in [0.25, 0.3) is 5.76 Å². The molecule has 1 atom stereocenters. The Morgan fingerprint density at radius 2 is 1.96 bits per heavy atom. The lowest BCUT2D eigenvalue weighted by Gasteiger charge is -2.18. The van der Waals surface area contributed by atoms with Gasteiger partial charge < -0.3 is 9.47 Å². The minimum Gasteiger partial charge on any atom is -0.496 e. The first-order valence-electron chi connectivity index (χ1n) is 7.15. The number of esters is 1. The quantitative estimate of drug-likeness (QED) is 0.557. The molecule has 0 heterocycles. The molecule has 3 nitrogen and oxygen atoms in total. The molecule has 0 saturated heterocycles. The van der Waals surface area contributed by atoms with Gasteiger partial charge in [0.2, 0.25) is 0 Å². The van der Waals surface area contributed by atoms with Gasteiger partial charge in [0, 0.05) is 15.8 Å². The average molecular weight is 340 g/mol. The van der Waals surface area contributed by atoms with Gasteiger partial charge in [-0.05, 0) is 30.0 Å². The molecule has 0 fully saturated rings. The van der Waals surface area contributed by atoms with Gasteiger partial charge in [-0.25, -0.2) is 0 Å². The topological polar surface area (TPSA) is 35.5 Å². The molecule has 124 valence electrons. The lowest BCUT2D eigenvalue weighted by Crippen LogP contribution is -2.14. The Balaban J connectivity index is 2.54. The highest BCUT2D eigenvalue weighted by Crippen LogP contribution is 2.38. The standard InChI is InChI=1S/C17H18F2O3S/c1-4-12(16(20)22-3)14-7-5-10-9-11(23-17(18)19)6-8-13(10)15(14)21-2/h5-9,12,17H,4H2,1-3H3. The van der Waals surface area contributed by atoms with Crippen LogP contribution in [0, 0.1) is 0 Å². The van der Waals surface area contributed by atoms with Crippen LogP contribution in [0.25, 0.3) is 10.8 Å². The van der Waals surface area contributed by atoms with Crippen molar-refractivity contribution in [2.24, 2.45) is 0 Å². The van der Waals surface area contributed by atoms with Crippen molar-refractivity contribution in [2.75, 3.05) is 14.2 Å². The SMILES string of the molecule is CCC(C(=O)OC)c1ccc2cc(SC(F)F)ccc2c1OC. The van der Waals surface area contributed by atoms with Gasteiger partial charge in [0.15, 0.2) is 0 Å². The number of methoxy groups -OCH3 is 2. The maximum atomic E-state index is 12.5. The van der Waals surface area contributed by atoms with E-state index in [1.165, 1.54) is 14.2 Å². The van der Waals surface area contributed by atoms with E-state index in [2.05, 4.69) is 0 Å². The maximum absolute atomic E-state index is 12.5. The van der Waals surface area contributed by atoms with E-state index < -0.39 is 11.7 Å². The van der Waals surface area contributed by atoms with Crippen molar-refractivity contribution in [3.63, 3.8) is 0 Å². The zero-order chi connectivity index (χ0) is 17.0. The van der Waals surface area contributed by atoms with E-state index in [1.807, 2.05) is 13.0 Å². The van der Waals surface area contributed by atoms with Gasteiger partial charge in [-0.1, -0.05) is 30.8 Å². The zero-order valence-corrected chi connectivity index (χ0v) is 14.0. The van der Waals surface area contributed by atoms with E-state index in [4.69, 9.17) is 9.47 Å². The van der Waals surface area contributed by atoms with E-state index in [0.29, 0.717) is 28.8 Å². The molecule has 0 aliphatic rings. The molecule has 0 aliphatic carbocycles. The lowest BCUT2D eigenvalue weighted by atomic mass is 9.93.